The summed E-state index contributed by atoms with van der Waals surface area (Å²) in [6.45, 7) is 1.54. The van der Waals surface area contributed by atoms with E-state index in [0.29, 0.717) is 12.8 Å². The van der Waals surface area contributed by atoms with Crippen molar-refractivity contribution in [2.45, 2.75) is 81.6 Å². The zero-order chi connectivity index (χ0) is 27.9. The maximum atomic E-state index is 13.5. The summed E-state index contributed by atoms with van der Waals surface area (Å²) in [6.07, 6.45) is -8.15. The van der Waals surface area contributed by atoms with Gasteiger partial charge in [-0.3, -0.25) is 14.1 Å². The average Bonchev–Trinajstić information content (AvgIpc) is 2.69. The molecule has 0 aromatic heterocycles. The number of hydrogen-bond acceptors (Lipinski definition) is 6. The third-order valence-corrected chi connectivity index (χ3v) is 5.95. The molecule has 0 radical (unpaired) electrons. The van der Waals surface area contributed by atoms with Gasteiger partial charge in [0.05, 0.1) is 26.1 Å². The summed E-state index contributed by atoms with van der Waals surface area (Å²) in [7, 11) is -5.43. The van der Waals surface area contributed by atoms with Crippen LogP contribution in [0.3, 0.4) is 0 Å². The minimum atomic E-state index is -7.15. The van der Waals surface area contributed by atoms with E-state index in [0.717, 1.165) is 12.8 Å². The quantitative estimate of drug-likeness (QED) is 0.134. The zero-order valence-electron chi connectivity index (χ0n) is 18.5. The van der Waals surface area contributed by atoms with Crippen molar-refractivity contribution in [3.8, 4) is 0 Å². The van der Waals surface area contributed by atoms with Crippen LogP contribution in [0.25, 0.3) is 0 Å². The molecule has 0 aliphatic carbocycles. The Morgan fingerprint density at radius 3 is 1.86 bits per heavy atom. The van der Waals surface area contributed by atoms with Crippen molar-refractivity contribution < 1.29 is 71.5 Å². The second-order valence-electron chi connectivity index (χ2n) is 7.58. The molecule has 1 N–H and O–H groups in total. The van der Waals surface area contributed by atoms with E-state index in [2.05, 4.69) is 4.74 Å². The molecule has 0 aromatic rings. The van der Waals surface area contributed by atoms with Crippen LogP contribution >= 0.6 is 0 Å². The molecule has 0 fully saturated rings. The van der Waals surface area contributed by atoms with E-state index in [1.807, 2.05) is 6.92 Å². The van der Waals surface area contributed by atoms with Gasteiger partial charge in [0.2, 0.25) is 0 Å². The number of alkyl halides is 9. The van der Waals surface area contributed by atoms with Gasteiger partial charge in [-0.15, -0.1) is 0 Å². The van der Waals surface area contributed by atoms with Crippen LogP contribution in [-0.4, -0.2) is 96.9 Å². The predicted octanol–water partition coefficient (Wildman–Crippen LogP) is 4.15. The molecule has 0 aliphatic heterocycles. The van der Waals surface area contributed by atoms with Gasteiger partial charge in [0, 0.05) is 0 Å². The molecule has 0 heterocycles. The van der Waals surface area contributed by atoms with Crippen LogP contribution in [0.1, 0.15) is 52.4 Å². The Morgan fingerprint density at radius 1 is 0.917 bits per heavy atom. The van der Waals surface area contributed by atoms with E-state index >= 15 is 0 Å². The van der Waals surface area contributed by atoms with Gasteiger partial charge < -0.3 is 9.47 Å². The van der Waals surface area contributed by atoms with Crippen molar-refractivity contribution in [3.05, 3.63) is 0 Å². The first kappa shape index (κ1) is 37.4. The Bertz CT molecular complexity index is 820. The van der Waals surface area contributed by atoms with Gasteiger partial charge in [0.25, 0.3) is 10.1 Å². The topological polar surface area (TPSA) is 107 Å². The predicted molar refractivity (Wildman–Crippen MR) is 108 cm³/mol. The number of halogens is 9. The summed E-state index contributed by atoms with van der Waals surface area (Å²) >= 11 is 0. The molecule has 0 aromatic carbocycles. The van der Waals surface area contributed by atoms with Crippen LogP contribution in [0.15, 0.2) is 0 Å². The molecule has 0 spiro atoms. The number of carbonyl (C=O) groups is 2. The first-order valence-corrected chi connectivity index (χ1v) is 11.6. The van der Waals surface area contributed by atoms with Gasteiger partial charge in [-0.1, -0.05) is 33.1 Å². The number of unbranched alkanes of at least 4 members (excludes halogenated alkanes) is 1. The minimum absolute atomic E-state index is 0. The average molecular weight is 580 g/mol. The van der Waals surface area contributed by atoms with Gasteiger partial charge in [-0.25, -0.2) is 0 Å². The third-order valence-electron chi connectivity index (χ3n) is 4.87. The second-order valence-corrected chi connectivity index (χ2v) is 9.17. The summed E-state index contributed by atoms with van der Waals surface area (Å²) in [4.78, 5) is 23.7. The molecule has 210 valence electrons. The van der Waals surface area contributed by atoms with Crippen molar-refractivity contribution in [2.24, 2.45) is 5.92 Å². The summed E-state index contributed by atoms with van der Waals surface area (Å²) < 4.78 is 156. The van der Waals surface area contributed by atoms with E-state index in [1.165, 1.54) is 0 Å². The molecular formula is C18H26F9NaO7S. The molecule has 18 heteroatoms. The summed E-state index contributed by atoms with van der Waals surface area (Å²) in [5.41, 5.74) is 0. The van der Waals surface area contributed by atoms with Crippen LogP contribution in [-0.2, 0) is 29.2 Å². The molecule has 36 heavy (non-hydrogen) atoms. The van der Waals surface area contributed by atoms with Crippen LogP contribution < -0.4 is 0 Å². The molecule has 0 saturated carbocycles. The van der Waals surface area contributed by atoms with Gasteiger partial charge in [-0.05, 0) is 12.3 Å². The molecular weight excluding hydrogens is 554 g/mol. The number of rotatable bonds is 15. The van der Waals surface area contributed by atoms with Gasteiger partial charge in [0.1, 0.15) is 0 Å². The van der Waals surface area contributed by atoms with Gasteiger partial charge in [-0.2, -0.15) is 47.9 Å². The summed E-state index contributed by atoms with van der Waals surface area (Å²) in [5.74, 6) is -23.7. The Hall–Kier alpha value is -0.780. The van der Waals surface area contributed by atoms with E-state index < -0.39 is 70.7 Å². The maximum absolute atomic E-state index is 13.5. The van der Waals surface area contributed by atoms with Crippen molar-refractivity contribution in [1.29, 1.82) is 0 Å². The van der Waals surface area contributed by atoms with E-state index in [4.69, 9.17) is 9.29 Å². The number of carbonyl (C=O) groups excluding carboxylic acids is 2. The molecule has 2 atom stereocenters. The standard InChI is InChI=1S/C18H25F9O7S.Na.H/c1-3-5-6-11(4-2)10-34-13(28)9-12(35(30,31)32)14(29)33-8-7-15(19,20)16(21,22)17(23,24)18(25,26)27;;/h11-12H,3-10H2,1-2H3,(H,30,31,32);;. The van der Waals surface area contributed by atoms with Crippen molar-refractivity contribution in [2.75, 3.05) is 13.2 Å². The molecule has 0 amide bonds. The monoisotopic (exact) mass is 580 g/mol. The van der Waals surface area contributed by atoms with Gasteiger partial charge in [0.15, 0.2) is 5.25 Å². The fraction of sp³-hybridized carbons (Fsp3) is 0.889. The van der Waals surface area contributed by atoms with Crippen LogP contribution in [0.2, 0.25) is 0 Å². The number of ether oxygens (including phenoxy) is 2. The zero-order valence-corrected chi connectivity index (χ0v) is 19.3. The van der Waals surface area contributed by atoms with Crippen molar-refractivity contribution in [1.82, 2.24) is 0 Å². The van der Waals surface area contributed by atoms with Gasteiger partial charge >= 0.3 is 65.4 Å². The SMILES string of the molecule is CCCCC(CC)COC(=O)CC(C(=O)OCCC(F)(F)C(F)(F)C(F)(F)C(F)(F)F)S(=O)(=O)O.[NaH]. The second kappa shape index (κ2) is 14.4. The van der Waals surface area contributed by atoms with Crippen molar-refractivity contribution in [3.63, 3.8) is 0 Å². The number of esters is 2. The van der Waals surface area contributed by atoms with Crippen molar-refractivity contribution >= 4 is 51.6 Å². The molecule has 0 bridgehead atoms. The molecule has 0 rings (SSSR count). The fourth-order valence-corrected chi connectivity index (χ4v) is 3.22. The normalized spacial score (nSPS) is 15.0. The van der Waals surface area contributed by atoms with Crippen LogP contribution in [0.5, 0.6) is 0 Å². The molecule has 0 saturated heterocycles. The first-order valence-electron chi connectivity index (χ1n) is 10.1. The Balaban J connectivity index is 0. The molecule has 0 aliphatic rings. The van der Waals surface area contributed by atoms with E-state index in [9.17, 15) is 57.5 Å². The Labute approximate surface area is 223 Å². The fourth-order valence-electron chi connectivity index (χ4n) is 2.57. The molecule has 2 unspecified atom stereocenters. The van der Waals surface area contributed by atoms with Crippen LogP contribution in [0, 0.1) is 5.92 Å². The Kier molecular flexibility index (Phi) is 14.9. The summed E-state index contributed by atoms with van der Waals surface area (Å²) in [5, 5.41) is -2.75. The Morgan fingerprint density at radius 2 is 1.44 bits per heavy atom. The first-order chi connectivity index (χ1) is 15.7. The molecule has 7 nitrogen and oxygen atoms in total. The summed E-state index contributed by atoms with van der Waals surface area (Å²) in [6, 6.07) is 0. The van der Waals surface area contributed by atoms with E-state index in [1.54, 1.807) is 6.92 Å². The third kappa shape index (κ3) is 10.2. The van der Waals surface area contributed by atoms with Crippen LogP contribution in [0.4, 0.5) is 39.5 Å². The number of hydrogen-bond donors (Lipinski definition) is 1. The van der Waals surface area contributed by atoms with E-state index in [-0.39, 0.29) is 42.1 Å².